The van der Waals surface area contributed by atoms with Crippen molar-refractivity contribution in [3.8, 4) is 0 Å². The Kier molecular flexibility index (Phi) is 3.70. The van der Waals surface area contributed by atoms with Gasteiger partial charge in [-0.15, -0.1) is 0 Å². The molecule has 0 heterocycles. The number of hydrogen-bond donors (Lipinski definition) is 0. The highest BCUT2D eigenvalue weighted by Gasteiger charge is 2.31. The van der Waals surface area contributed by atoms with E-state index in [9.17, 15) is 9.59 Å². The summed E-state index contributed by atoms with van der Waals surface area (Å²) in [6.45, 7) is 4.40. The smallest absolute Gasteiger partial charge is 0.303 e. The van der Waals surface area contributed by atoms with Crippen LogP contribution in [-0.2, 0) is 9.53 Å². The van der Waals surface area contributed by atoms with E-state index in [4.69, 9.17) is 16.3 Å². The van der Waals surface area contributed by atoms with Crippen LogP contribution in [0, 0.1) is 0 Å². The van der Waals surface area contributed by atoms with Gasteiger partial charge in [0.1, 0.15) is 0 Å². The molecule has 0 fully saturated rings. The number of Topliss-reactive ketones (excluding diaryl/α,β-unsaturated/α-hetero) is 1. The molecule has 16 heavy (non-hydrogen) atoms. The van der Waals surface area contributed by atoms with E-state index in [-0.39, 0.29) is 5.78 Å². The standard InChI is InChI=1S/C12H13ClO3/c1-8(14)16-12(2,3)11(15)9-4-6-10(13)7-5-9/h4-7H,1-3H3. The predicted molar refractivity (Wildman–Crippen MR) is 61.6 cm³/mol. The van der Waals surface area contributed by atoms with Gasteiger partial charge in [-0.2, -0.15) is 0 Å². The summed E-state index contributed by atoms with van der Waals surface area (Å²) in [5.74, 6) is -0.730. The second kappa shape index (κ2) is 4.66. The first-order chi connectivity index (χ1) is 7.33. The highest BCUT2D eigenvalue weighted by molar-refractivity contribution is 6.30. The van der Waals surface area contributed by atoms with Crippen LogP contribution in [0.15, 0.2) is 24.3 Å². The Labute approximate surface area is 99.4 Å². The van der Waals surface area contributed by atoms with E-state index in [0.717, 1.165) is 0 Å². The lowest BCUT2D eigenvalue weighted by Gasteiger charge is -2.22. The monoisotopic (exact) mass is 240 g/mol. The number of halogens is 1. The molecule has 4 heteroatoms. The van der Waals surface area contributed by atoms with Gasteiger partial charge in [-0.05, 0) is 38.1 Å². The van der Waals surface area contributed by atoms with Gasteiger partial charge in [-0.1, -0.05) is 11.6 Å². The summed E-state index contributed by atoms with van der Waals surface area (Å²) in [6.07, 6.45) is 0. The summed E-state index contributed by atoms with van der Waals surface area (Å²) in [6, 6.07) is 6.46. The van der Waals surface area contributed by atoms with E-state index in [1.165, 1.54) is 6.92 Å². The first kappa shape index (κ1) is 12.7. The van der Waals surface area contributed by atoms with Gasteiger partial charge in [-0.25, -0.2) is 0 Å². The van der Waals surface area contributed by atoms with E-state index in [1.54, 1.807) is 38.1 Å². The van der Waals surface area contributed by atoms with E-state index >= 15 is 0 Å². The maximum absolute atomic E-state index is 12.0. The van der Waals surface area contributed by atoms with Crippen molar-refractivity contribution in [3.63, 3.8) is 0 Å². The molecule has 1 aromatic rings. The lowest BCUT2D eigenvalue weighted by atomic mass is 9.96. The van der Waals surface area contributed by atoms with Crippen LogP contribution in [0.1, 0.15) is 31.1 Å². The van der Waals surface area contributed by atoms with Gasteiger partial charge in [0.05, 0.1) is 0 Å². The lowest BCUT2D eigenvalue weighted by Crippen LogP contribution is -2.36. The molecule has 0 N–H and O–H groups in total. The number of ketones is 1. The van der Waals surface area contributed by atoms with Crippen molar-refractivity contribution >= 4 is 23.4 Å². The Hall–Kier alpha value is -1.35. The Balaban J connectivity index is 2.93. The molecule has 0 spiro atoms. The van der Waals surface area contributed by atoms with Crippen LogP contribution in [0.4, 0.5) is 0 Å². The van der Waals surface area contributed by atoms with E-state index in [2.05, 4.69) is 0 Å². The van der Waals surface area contributed by atoms with Crippen molar-refractivity contribution < 1.29 is 14.3 Å². The molecule has 0 aliphatic heterocycles. The fourth-order valence-corrected chi connectivity index (χ4v) is 1.48. The number of rotatable bonds is 3. The van der Waals surface area contributed by atoms with Gasteiger partial charge in [-0.3, -0.25) is 9.59 Å². The first-order valence-corrected chi connectivity index (χ1v) is 5.20. The zero-order valence-corrected chi connectivity index (χ0v) is 10.2. The van der Waals surface area contributed by atoms with Crippen LogP contribution in [0.2, 0.25) is 5.02 Å². The van der Waals surface area contributed by atoms with Crippen LogP contribution in [-0.4, -0.2) is 17.4 Å². The second-order valence-electron chi connectivity index (χ2n) is 3.94. The molecule has 86 valence electrons. The van der Waals surface area contributed by atoms with Gasteiger partial charge in [0.2, 0.25) is 5.78 Å². The van der Waals surface area contributed by atoms with Crippen LogP contribution in [0.25, 0.3) is 0 Å². The molecule has 3 nitrogen and oxygen atoms in total. The van der Waals surface area contributed by atoms with Crippen LogP contribution in [0.3, 0.4) is 0 Å². The zero-order chi connectivity index (χ0) is 12.3. The maximum atomic E-state index is 12.0. The Morgan fingerprint density at radius 1 is 1.19 bits per heavy atom. The molecule has 0 bridgehead atoms. The van der Waals surface area contributed by atoms with Crippen molar-refractivity contribution in [1.82, 2.24) is 0 Å². The Morgan fingerprint density at radius 2 is 1.69 bits per heavy atom. The summed E-state index contributed by atoms with van der Waals surface area (Å²) in [5, 5.41) is 0.557. The van der Waals surface area contributed by atoms with Crippen molar-refractivity contribution in [2.75, 3.05) is 0 Å². The van der Waals surface area contributed by atoms with Gasteiger partial charge in [0, 0.05) is 17.5 Å². The number of benzene rings is 1. The number of esters is 1. The molecule has 0 aliphatic carbocycles. The number of carbonyl (C=O) groups is 2. The highest BCUT2D eigenvalue weighted by Crippen LogP contribution is 2.19. The van der Waals surface area contributed by atoms with E-state index in [1.807, 2.05) is 0 Å². The molecule has 1 rings (SSSR count). The molecule has 0 atom stereocenters. The van der Waals surface area contributed by atoms with Gasteiger partial charge in [0.25, 0.3) is 0 Å². The average Bonchev–Trinajstić information content (AvgIpc) is 2.16. The third-order valence-corrected chi connectivity index (χ3v) is 2.30. The SMILES string of the molecule is CC(=O)OC(C)(C)C(=O)c1ccc(Cl)cc1. The number of carbonyl (C=O) groups excluding carboxylic acids is 2. The molecule has 1 aromatic carbocycles. The van der Waals surface area contributed by atoms with Crippen LogP contribution < -0.4 is 0 Å². The number of hydrogen-bond acceptors (Lipinski definition) is 3. The lowest BCUT2D eigenvalue weighted by molar-refractivity contribution is -0.149. The summed E-state index contributed by atoms with van der Waals surface area (Å²) in [5.41, 5.74) is -0.685. The minimum Gasteiger partial charge on any atom is -0.451 e. The van der Waals surface area contributed by atoms with Crippen LogP contribution >= 0.6 is 11.6 Å². The fraction of sp³-hybridized carbons (Fsp3) is 0.333. The number of ether oxygens (including phenoxy) is 1. The molecule has 0 aliphatic rings. The summed E-state index contributed by atoms with van der Waals surface area (Å²) < 4.78 is 4.96. The summed E-state index contributed by atoms with van der Waals surface area (Å²) in [7, 11) is 0. The van der Waals surface area contributed by atoms with Gasteiger partial charge in [0.15, 0.2) is 5.60 Å². The van der Waals surface area contributed by atoms with Crippen molar-refractivity contribution in [1.29, 1.82) is 0 Å². The minimum absolute atomic E-state index is 0.251. The molecule has 0 aromatic heterocycles. The van der Waals surface area contributed by atoms with Crippen molar-refractivity contribution in [2.24, 2.45) is 0 Å². The third kappa shape index (κ3) is 3.07. The molecular weight excluding hydrogens is 228 g/mol. The van der Waals surface area contributed by atoms with E-state index in [0.29, 0.717) is 10.6 Å². The Bertz CT molecular complexity index is 407. The van der Waals surface area contributed by atoms with Crippen LogP contribution in [0.5, 0.6) is 0 Å². The predicted octanol–water partition coefficient (Wildman–Crippen LogP) is 2.86. The third-order valence-electron chi connectivity index (χ3n) is 2.05. The molecule has 0 saturated heterocycles. The first-order valence-electron chi connectivity index (χ1n) is 4.83. The minimum atomic E-state index is -1.15. The molecular formula is C12H13ClO3. The quantitative estimate of drug-likeness (QED) is 0.603. The van der Waals surface area contributed by atoms with E-state index < -0.39 is 11.6 Å². The van der Waals surface area contributed by atoms with Gasteiger partial charge < -0.3 is 4.74 Å². The van der Waals surface area contributed by atoms with Crippen molar-refractivity contribution in [2.45, 2.75) is 26.4 Å². The molecule has 0 saturated carbocycles. The second-order valence-corrected chi connectivity index (χ2v) is 4.38. The maximum Gasteiger partial charge on any atom is 0.303 e. The Morgan fingerprint density at radius 3 is 2.12 bits per heavy atom. The van der Waals surface area contributed by atoms with Crippen molar-refractivity contribution in [3.05, 3.63) is 34.9 Å². The average molecular weight is 241 g/mol. The fourth-order valence-electron chi connectivity index (χ4n) is 1.35. The highest BCUT2D eigenvalue weighted by atomic mass is 35.5. The molecule has 0 radical (unpaired) electrons. The normalized spacial score (nSPS) is 11.0. The summed E-state index contributed by atoms with van der Waals surface area (Å²) >= 11 is 5.72. The van der Waals surface area contributed by atoms with Gasteiger partial charge >= 0.3 is 5.97 Å². The summed E-state index contributed by atoms with van der Waals surface area (Å²) in [4.78, 5) is 22.8. The zero-order valence-electron chi connectivity index (χ0n) is 9.41. The largest absolute Gasteiger partial charge is 0.451 e. The molecule has 0 amide bonds. The topological polar surface area (TPSA) is 43.4 Å². The molecule has 0 unspecified atom stereocenters.